The van der Waals surface area contributed by atoms with Crippen LogP contribution >= 0.6 is 11.3 Å². The van der Waals surface area contributed by atoms with Gasteiger partial charge in [-0.05, 0) is 29.2 Å². The lowest BCUT2D eigenvalue weighted by molar-refractivity contribution is 0.782. The van der Waals surface area contributed by atoms with Crippen LogP contribution in [0.3, 0.4) is 0 Å². The summed E-state index contributed by atoms with van der Waals surface area (Å²) in [5, 5.41) is 10.5. The van der Waals surface area contributed by atoms with Gasteiger partial charge in [-0.3, -0.25) is 4.99 Å². The van der Waals surface area contributed by atoms with Gasteiger partial charge in [0.15, 0.2) is 5.96 Å². The highest BCUT2D eigenvalue weighted by atomic mass is 32.1. The van der Waals surface area contributed by atoms with E-state index >= 15 is 0 Å². The van der Waals surface area contributed by atoms with Gasteiger partial charge >= 0.3 is 0 Å². The molecule has 136 valence electrons. The molecule has 3 aromatic rings. The maximum atomic E-state index is 4.45. The summed E-state index contributed by atoms with van der Waals surface area (Å²) in [6.07, 6.45) is 4.94. The molecule has 0 spiro atoms. The van der Waals surface area contributed by atoms with E-state index in [0.29, 0.717) is 0 Å². The third-order valence-corrected chi connectivity index (χ3v) is 5.53. The van der Waals surface area contributed by atoms with Crippen molar-refractivity contribution in [3.05, 3.63) is 64.1 Å². The summed E-state index contributed by atoms with van der Waals surface area (Å²) in [6.45, 7) is 3.86. The van der Waals surface area contributed by atoms with Gasteiger partial charge in [-0.25, -0.2) is 4.98 Å². The van der Waals surface area contributed by atoms with Crippen molar-refractivity contribution in [3.63, 3.8) is 0 Å². The Morgan fingerprint density at radius 3 is 2.54 bits per heavy atom. The number of hydrogen-bond donors (Lipinski definition) is 2. The Labute approximate surface area is 159 Å². The quantitative estimate of drug-likeness (QED) is 0.494. The van der Waals surface area contributed by atoms with Gasteiger partial charge in [0.05, 0.1) is 5.01 Å². The van der Waals surface area contributed by atoms with Gasteiger partial charge in [0.25, 0.3) is 0 Å². The van der Waals surface area contributed by atoms with Crippen LogP contribution in [0.5, 0.6) is 0 Å². The van der Waals surface area contributed by atoms with Gasteiger partial charge in [-0.15, -0.1) is 11.3 Å². The topological polar surface area (TPSA) is 49.3 Å². The van der Waals surface area contributed by atoms with Crippen LogP contribution in [-0.4, -0.2) is 31.1 Å². The Bertz CT molecular complexity index is 869. The molecule has 0 atom stereocenters. The highest BCUT2D eigenvalue weighted by molar-refractivity contribution is 7.11. The molecular weight excluding hydrogens is 340 g/mol. The van der Waals surface area contributed by atoms with Crippen molar-refractivity contribution in [2.45, 2.75) is 26.2 Å². The summed E-state index contributed by atoms with van der Waals surface area (Å²) in [5.41, 5.74) is 1.33. The number of aromatic nitrogens is 1. The predicted octanol–water partition coefficient (Wildman–Crippen LogP) is 3.81. The molecule has 0 aliphatic carbocycles. The van der Waals surface area contributed by atoms with Crippen LogP contribution < -0.4 is 10.6 Å². The Kier molecular flexibility index (Phi) is 6.61. The Morgan fingerprint density at radius 1 is 1.04 bits per heavy atom. The normalized spacial score (nSPS) is 11.7. The molecule has 0 fully saturated rings. The number of aliphatic imine (C=N–C) groups is 1. The van der Waals surface area contributed by atoms with Gasteiger partial charge < -0.3 is 10.6 Å². The molecule has 3 rings (SSSR count). The second-order valence-electron chi connectivity index (χ2n) is 6.18. The van der Waals surface area contributed by atoms with Gasteiger partial charge in [-0.1, -0.05) is 49.4 Å². The lowest BCUT2D eigenvalue weighted by Crippen LogP contribution is -2.39. The molecule has 0 aliphatic rings. The first-order valence-corrected chi connectivity index (χ1v) is 9.96. The van der Waals surface area contributed by atoms with Crippen molar-refractivity contribution in [1.82, 2.24) is 15.6 Å². The SMILES string of the molecule is CCc1cnc(CCNC(=NC)NCCc2ccc3ccccc3c2)s1. The molecule has 0 aliphatic heterocycles. The lowest BCUT2D eigenvalue weighted by atomic mass is 10.1. The second kappa shape index (κ2) is 9.34. The van der Waals surface area contributed by atoms with E-state index in [0.717, 1.165) is 38.3 Å². The minimum atomic E-state index is 0.840. The average molecular weight is 367 g/mol. The average Bonchev–Trinajstić information content (AvgIpc) is 3.14. The molecular formula is C21H26N4S. The van der Waals surface area contributed by atoms with Crippen molar-refractivity contribution < 1.29 is 0 Å². The molecule has 26 heavy (non-hydrogen) atoms. The van der Waals surface area contributed by atoms with Crippen LogP contribution in [0.2, 0.25) is 0 Å². The van der Waals surface area contributed by atoms with Crippen LogP contribution in [0.15, 0.2) is 53.7 Å². The first-order chi connectivity index (χ1) is 12.8. The second-order valence-corrected chi connectivity index (χ2v) is 7.38. The minimum Gasteiger partial charge on any atom is -0.356 e. The monoisotopic (exact) mass is 366 g/mol. The largest absolute Gasteiger partial charge is 0.356 e. The molecule has 0 amide bonds. The third kappa shape index (κ3) is 5.05. The number of guanidine groups is 1. The van der Waals surface area contributed by atoms with Gasteiger partial charge in [0.2, 0.25) is 0 Å². The Balaban J connectivity index is 1.43. The molecule has 0 radical (unpaired) electrons. The smallest absolute Gasteiger partial charge is 0.191 e. The van der Waals surface area contributed by atoms with Crippen molar-refractivity contribution in [3.8, 4) is 0 Å². The maximum absolute atomic E-state index is 4.45. The molecule has 0 saturated heterocycles. The number of fused-ring (bicyclic) bond motifs is 1. The van der Waals surface area contributed by atoms with E-state index in [-0.39, 0.29) is 0 Å². The maximum Gasteiger partial charge on any atom is 0.191 e. The Hall–Kier alpha value is -2.40. The summed E-state index contributed by atoms with van der Waals surface area (Å²) in [5.74, 6) is 0.845. The summed E-state index contributed by atoms with van der Waals surface area (Å²) >= 11 is 1.80. The summed E-state index contributed by atoms with van der Waals surface area (Å²) in [4.78, 5) is 10.1. The van der Waals surface area contributed by atoms with E-state index in [9.17, 15) is 0 Å². The molecule has 1 heterocycles. The summed E-state index contributed by atoms with van der Waals surface area (Å²) in [7, 11) is 1.81. The first kappa shape index (κ1) is 18.4. The van der Waals surface area contributed by atoms with E-state index < -0.39 is 0 Å². The predicted molar refractivity (Wildman–Crippen MR) is 112 cm³/mol. The highest BCUT2D eigenvalue weighted by Gasteiger charge is 2.02. The molecule has 1 aromatic heterocycles. The molecule has 4 nitrogen and oxygen atoms in total. The molecule has 2 N–H and O–H groups in total. The number of aryl methyl sites for hydroxylation is 1. The zero-order valence-corrected chi connectivity index (χ0v) is 16.3. The van der Waals surface area contributed by atoms with Gasteiger partial charge in [-0.2, -0.15) is 0 Å². The fraction of sp³-hybridized carbons (Fsp3) is 0.333. The number of rotatable bonds is 7. The zero-order chi connectivity index (χ0) is 18.2. The molecule has 0 saturated carbocycles. The lowest BCUT2D eigenvalue weighted by Gasteiger charge is -2.11. The zero-order valence-electron chi connectivity index (χ0n) is 15.5. The molecule has 0 unspecified atom stereocenters. The summed E-state index contributed by atoms with van der Waals surface area (Å²) in [6, 6.07) is 15.1. The number of hydrogen-bond acceptors (Lipinski definition) is 3. The fourth-order valence-corrected chi connectivity index (χ4v) is 3.72. The van der Waals surface area contributed by atoms with E-state index in [1.165, 1.54) is 26.2 Å². The summed E-state index contributed by atoms with van der Waals surface area (Å²) < 4.78 is 0. The van der Waals surface area contributed by atoms with Gasteiger partial charge in [0.1, 0.15) is 0 Å². The van der Waals surface area contributed by atoms with E-state index in [1.807, 2.05) is 13.2 Å². The highest BCUT2D eigenvalue weighted by Crippen LogP contribution is 2.16. The van der Waals surface area contributed by atoms with E-state index in [1.54, 1.807) is 11.3 Å². The standard InChI is InChI=1S/C21H26N4S/c1-3-19-15-25-20(26-19)11-13-24-21(22-2)23-12-10-16-8-9-17-6-4-5-7-18(17)14-16/h4-9,14-15H,3,10-13H2,1-2H3,(H2,22,23,24). The number of benzene rings is 2. The number of thiazole rings is 1. The van der Waals surface area contributed by atoms with Crippen molar-refractivity contribution in [2.24, 2.45) is 4.99 Å². The van der Waals surface area contributed by atoms with E-state index in [4.69, 9.17) is 0 Å². The van der Waals surface area contributed by atoms with Gasteiger partial charge in [0, 0.05) is 37.6 Å². The van der Waals surface area contributed by atoms with Crippen LogP contribution in [0, 0.1) is 0 Å². The van der Waals surface area contributed by atoms with Crippen molar-refractivity contribution in [2.75, 3.05) is 20.1 Å². The fourth-order valence-electron chi connectivity index (χ4n) is 2.86. The molecule has 0 bridgehead atoms. The van der Waals surface area contributed by atoms with E-state index in [2.05, 4.69) is 70.0 Å². The number of nitrogens with zero attached hydrogens (tertiary/aromatic N) is 2. The van der Waals surface area contributed by atoms with Crippen LogP contribution in [0.1, 0.15) is 22.4 Å². The molecule has 5 heteroatoms. The third-order valence-electron chi connectivity index (χ3n) is 4.32. The molecule has 2 aromatic carbocycles. The van der Waals surface area contributed by atoms with Crippen LogP contribution in [0.4, 0.5) is 0 Å². The van der Waals surface area contributed by atoms with Crippen LogP contribution in [0.25, 0.3) is 10.8 Å². The van der Waals surface area contributed by atoms with Crippen LogP contribution in [-0.2, 0) is 19.3 Å². The Morgan fingerprint density at radius 2 is 1.81 bits per heavy atom. The minimum absolute atomic E-state index is 0.840. The van der Waals surface area contributed by atoms with Crippen molar-refractivity contribution >= 4 is 28.1 Å². The first-order valence-electron chi connectivity index (χ1n) is 9.14. The number of nitrogens with one attached hydrogen (secondary N) is 2. The van der Waals surface area contributed by atoms with Crippen molar-refractivity contribution in [1.29, 1.82) is 0 Å².